The monoisotopic (exact) mass is 262 g/mol. The van der Waals surface area contributed by atoms with E-state index < -0.39 is 0 Å². The molecule has 3 rings (SSSR count). The zero-order chi connectivity index (χ0) is 14.1. The second-order valence-electron chi connectivity index (χ2n) is 5.30. The van der Waals surface area contributed by atoms with Crippen LogP contribution >= 0.6 is 0 Å². The van der Waals surface area contributed by atoms with E-state index in [2.05, 4.69) is 62.3 Å². The van der Waals surface area contributed by atoms with Gasteiger partial charge in [0.1, 0.15) is 0 Å². The number of benzene rings is 2. The third-order valence-corrected chi connectivity index (χ3v) is 3.50. The van der Waals surface area contributed by atoms with Gasteiger partial charge in [0.2, 0.25) is 0 Å². The average Bonchev–Trinajstić information content (AvgIpc) is 2.90. The fraction of sp³-hybridized carbons (Fsp3) is 0.167. The summed E-state index contributed by atoms with van der Waals surface area (Å²) in [5, 5.41) is 4.40. The van der Waals surface area contributed by atoms with Crippen LogP contribution in [-0.2, 0) is 0 Å². The molecule has 1 aromatic heterocycles. The van der Waals surface area contributed by atoms with Gasteiger partial charge in [-0.1, -0.05) is 47.5 Å². The molecule has 0 bridgehead atoms. The largest absolute Gasteiger partial charge is 0.240 e. The Kier molecular flexibility index (Phi) is 3.15. The molecule has 2 heteroatoms. The van der Waals surface area contributed by atoms with Gasteiger partial charge >= 0.3 is 0 Å². The first-order chi connectivity index (χ1) is 9.65. The highest BCUT2D eigenvalue weighted by Crippen LogP contribution is 2.30. The minimum atomic E-state index is 1.16. The Morgan fingerprint density at radius 2 is 1.65 bits per heavy atom. The fourth-order valence-corrected chi connectivity index (χ4v) is 2.73. The standard InChI is InChI=1S/C18H18N2/c1-13-10-14(2)12-16(11-13)17-7-4-6-15(3)18(17)20-9-5-8-19-20/h4-12H,1-3H3. The molecule has 0 spiro atoms. The molecule has 2 nitrogen and oxygen atoms in total. The van der Waals surface area contributed by atoms with Crippen LogP contribution in [0.1, 0.15) is 16.7 Å². The Morgan fingerprint density at radius 1 is 0.900 bits per heavy atom. The highest BCUT2D eigenvalue weighted by molar-refractivity contribution is 5.75. The van der Waals surface area contributed by atoms with Gasteiger partial charge in [-0.25, -0.2) is 4.68 Å². The van der Waals surface area contributed by atoms with E-state index in [0.29, 0.717) is 0 Å². The van der Waals surface area contributed by atoms with Crippen molar-refractivity contribution in [1.29, 1.82) is 0 Å². The van der Waals surface area contributed by atoms with Crippen LogP contribution in [0.5, 0.6) is 0 Å². The summed E-state index contributed by atoms with van der Waals surface area (Å²) in [6.45, 7) is 6.41. The van der Waals surface area contributed by atoms with Gasteiger partial charge in [0, 0.05) is 18.0 Å². The predicted octanol–water partition coefficient (Wildman–Crippen LogP) is 4.46. The first-order valence-electron chi connectivity index (χ1n) is 6.83. The summed E-state index contributed by atoms with van der Waals surface area (Å²) in [7, 11) is 0. The van der Waals surface area contributed by atoms with Gasteiger partial charge in [-0.15, -0.1) is 0 Å². The quantitative estimate of drug-likeness (QED) is 0.666. The molecule has 0 radical (unpaired) electrons. The Bertz CT molecular complexity index is 720. The molecular formula is C18H18N2. The number of aromatic nitrogens is 2. The van der Waals surface area contributed by atoms with E-state index >= 15 is 0 Å². The van der Waals surface area contributed by atoms with Gasteiger partial charge in [0.05, 0.1) is 5.69 Å². The van der Waals surface area contributed by atoms with Crippen molar-refractivity contribution < 1.29 is 0 Å². The van der Waals surface area contributed by atoms with Crippen molar-refractivity contribution >= 4 is 0 Å². The lowest BCUT2D eigenvalue weighted by Gasteiger charge is -2.14. The zero-order valence-corrected chi connectivity index (χ0v) is 12.1. The number of aryl methyl sites for hydroxylation is 3. The normalized spacial score (nSPS) is 10.8. The molecule has 0 N–H and O–H groups in total. The molecule has 0 aliphatic carbocycles. The topological polar surface area (TPSA) is 17.8 Å². The molecule has 20 heavy (non-hydrogen) atoms. The Hall–Kier alpha value is -2.35. The van der Waals surface area contributed by atoms with E-state index in [1.165, 1.54) is 27.8 Å². The Balaban J connectivity index is 2.26. The molecule has 100 valence electrons. The van der Waals surface area contributed by atoms with E-state index in [4.69, 9.17) is 0 Å². The smallest absolute Gasteiger partial charge is 0.0753 e. The van der Waals surface area contributed by atoms with Gasteiger partial charge in [0.25, 0.3) is 0 Å². The average molecular weight is 262 g/mol. The Labute approximate surface area is 119 Å². The lowest BCUT2D eigenvalue weighted by Crippen LogP contribution is -2.00. The maximum absolute atomic E-state index is 4.40. The number of hydrogen-bond donors (Lipinski definition) is 0. The summed E-state index contributed by atoms with van der Waals surface area (Å²) < 4.78 is 1.95. The second kappa shape index (κ2) is 4.97. The Morgan fingerprint density at radius 3 is 2.30 bits per heavy atom. The number of para-hydroxylation sites is 1. The molecule has 0 atom stereocenters. The van der Waals surface area contributed by atoms with Gasteiger partial charge < -0.3 is 0 Å². The molecule has 1 heterocycles. The molecule has 0 saturated carbocycles. The van der Waals surface area contributed by atoms with Crippen molar-refractivity contribution in [3.05, 3.63) is 71.5 Å². The second-order valence-corrected chi connectivity index (χ2v) is 5.30. The minimum Gasteiger partial charge on any atom is -0.240 e. The van der Waals surface area contributed by atoms with E-state index in [0.717, 1.165) is 5.69 Å². The third kappa shape index (κ3) is 2.25. The van der Waals surface area contributed by atoms with Crippen molar-refractivity contribution in [2.24, 2.45) is 0 Å². The number of rotatable bonds is 2. The maximum atomic E-state index is 4.40. The molecule has 0 saturated heterocycles. The minimum absolute atomic E-state index is 1.16. The van der Waals surface area contributed by atoms with Gasteiger partial charge in [-0.2, -0.15) is 5.10 Å². The van der Waals surface area contributed by atoms with Crippen LogP contribution in [0.4, 0.5) is 0 Å². The van der Waals surface area contributed by atoms with Crippen molar-refractivity contribution in [2.75, 3.05) is 0 Å². The van der Waals surface area contributed by atoms with Crippen LogP contribution in [0, 0.1) is 20.8 Å². The summed E-state index contributed by atoms with van der Waals surface area (Å²) in [4.78, 5) is 0. The van der Waals surface area contributed by atoms with E-state index in [-0.39, 0.29) is 0 Å². The summed E-state index contributed by atoms with van der Waals surface area (Å²) in [5.41, 5.74) is 7.42. The lowest BCUT2D eigenvalue weighted by atomic mass is 9.97. The highest BCUT2D eigenvalue weighted by atomic mass is 15.3. The molecule has 0 aliphatic rings. The maximum Gasteiger partial charge on any atom is 0.0753 e. The van der Waals surface area contributed by atoms with Crippen LogP contribution in [-0.4, -0.2) is 9.78 Å². The first-order valence-corrected chi connectivity index (χ1v) is 6.83. The van der Waals surface area contributed by atoms with Crippen molar-refractivity contribution in [1.82, 2.24) is 9.78 Å². The zero-order valence-electron chi connectivity index (χ0n) is 12.1. The predicted molar refractivity (Wildman–Crippen MR) is 83.2 cm³/mol. The summed E-state index contributed by atoms with van der Waals surface area (Å²) in [6.07, 6.45) is 3.81. The molecule has 0 fully saturated rings. The fourth-order valence-electron chi connectivity index (χ4n) is 2.73. The van der Waals surface area contributed by atoms with Gasteiger partial charge in [-0.05, 0) is 38.0 Å². The molecule has 0 aliphatic heterocycles. The van der Waals surface area contributed by atoms with E-state index in [9.17, 15) is 0 Å². The number of hydrogen-bond acceptors (Lipinski definition) is 1. The molecule has 0 amide bonds. The molecular weight excluding hydrogens is 244 g/mol. The number of nitrogens with zero attached hydrogens (tertiary/aromatic N) is 2. The van der Waals surface area contributed by atoms with Crippen LogP contribution in [0.15, 0.2) is 54.9 Å². The van der Waals surface area contributed by atoms with Crippen molar-refractivity contribution in [2.45, 2.75) is 20.8 Å². The van der Waals surface area contributed by atoms with Gasteiger partial charge in [-0.3, -0.25) is 0 Å². The summed E-state index contributed by atoms with van der Waals surface area (Å²) in [6, 6.07) is 15.0. The van der Waals surface area contributed by atoms with Crippen LogP contribution in [0.25, 0.3) is 16.8 Å². The first kappa shape index (κ1) is 12.7. The third-order valence-electron chi connectivity index (χ3n) is 3.50. The van der Waals surface area contributed by atoms with Crippen LogP contribution in [0.3, 0.4) is 0 Å². The van der Waals surface area contributed by atoms with E-state index in [1.54, 1.807) is 0 Å². The molecule has 2 aromatic carbocycles. The lowest BCUT2D eigenvalue weighted by molar-refractivity contribution is 0.874. The summed E-state index contributed by atoms with van der Waals surface area (Å²) >= 11 is 0. The van der Waals surface area contributed by atoms with Crippen molar-refractivity contribution in [3.8, 4) is 16.8 Å². The highest BCUT2D eigenvalue weighted by Gasteiger charge is 2.10. The summed E-state index contributed by atoms with van der Waals surface area (Å²) in [5.74, 6) is 0. The van der Waals surface area contributed by atoms with Crippen LogP contribution in [0.2, 0.25) is 0 Å². The van der Waals surface area contributed by atoms with Gasteiger partial charge in [0.15, 0.2) is 0 Å². The molecule has 3 aromatic rings. The SMILES string of the molecule is Cc1cc(C)cc(-c2cccc(C)c2-n2cccn2)c1. The molecule has 0 unspecified atom stereocenters. The van der Waals surface area contributed by atoms with Crippen LogP contribution < -0.4 is 0 Å². The van der Waals surface area contributed by atoms with E-state index in [1.807, 2.05) is 23.1 Å². The van der Waals surface area contributed by atoms with Crippen molar-refractivity contribution in [3.63, 3.8) is 0 Å².